The Balaban J connectivity index is 1.69. The standard InChI is InChI=1S/C23H24F2N4O3S/c1-2-9-33(31,32)28-21-13-17(24)12-19(22(21)25)23(30)15-3-4-20-16(10-15)11-18(14-27-20)29-7-5-26-6-8-29/h3-4,10-14,26,28H,2,5-9H2,1H3. The number of ketones is 1. The van der Waals surface area contributed by atoms with Crippen LogP contribution in [0.25, 0.3) is 10.9 Å². The summed E-state index contributed by atoms with van der Waals surface area (Å²) in [6.07, 6.45) is 2.08. The number of piperazine rings is 1. The number of hydrogen-bond donors (Lipinski definition) is 2. The van der Waals surface area contributed by atoms with E-state index in [-0.39, 0.29) is 11.3 Å². The molecule has 1 aliphatic heterocycles. The lowest BCUT2D eigenvalue weighted by atomic mass is 10.00. The lowest BCUT2D eigenvalue weighted by Gasteiger charge is -2.29. The summed E-state index contributed by atoms with van der Waals surface area (Å²) in [7, 11) is -3.86. The zero-order valence-corrected chi connectivity index (χ0v) is 18.9. The van der Waals surface area contributed by atoms with Crippen LogP contribution in [-0.4, -0.2) is 51.1 Å². The smallest absolute Gasteiger partial charge is 0.232 e. The van der Waals surface area contributed by atoms with Crippen LogP contribution in [0.5, 0.6) is 0 Å². The first-order valence-corrected chi connectivity index (χ1v) is 12.3. The first-order chi connectivity index (χ1) is 15.8. The van der Waals surface area contributed by atoms with Crippen LogP contribution in [0.2, 0.25) is 0 Å². The lowest BCUT2D eigenvalue weighted by molar-refractivity contribution is 0.103. The number of sulfonamides is 1. The molecule has 0 saturated carbocycles. The highest BCUT2D eigenvalue weighted by molar-refractivity contribution is 7.92. The third-order valence-corrected chi connectivity index (χ3v) is 6.91. The molecule has 33 heavy (non-hydrogen) atoms. The Morgan fingerprint density at radius 3 is 2.64 bits per heavy atom. The van der Waals surface area contributed by atoms with Gasteiger partial charge < -0.3 is 10.2 Å². The first kappa shape index (κ1) is 23.1. The molecule has 4 rings (SSSR count). The number of rotatable bonds is 7. The normalized spacial score (nSPS) is 14.5. The van der Waals surface area contributed by atoms with Gasteiger partial charge in [0.15, 0.2) is 11.6 Å². The highest BCUT2D eigenvalue weighted by Crippen LogP contribution is 2.26. The van der Waals surface area contributed by atoms with Crippen LogP contribution >= 0.6 is 0 Å². The van der Waals surface area contributed by atoms with Crippen LogP contribution in [0.15, 0.2) is 42.6 Å². The van der Waals surface area contributed by atoms with Gasteiger partial charge in [0.1, 0.15) is 5.82 Å². The van der Waals surface area contributed by atoms with Gasteiger partial charge in [-0.3, -0.25) is 14.5 Å². The van der Waals surface area contributed by atoms with Crippen molar-refractivity contribution in [2.75, 3.05) is 41.6 Å². The van der Waals surface area contributed by atoms with Crippen molar-refractivity contribution in [2.24, 2.45) is 0 Å². The molecule has 1 fully saturated rings. The summed E-state index contributed by atoms with van der Waals surface area (Å²) in [5, 5.41) is 3.98. The van der Waals surface area contributed by atoms with E-state index in [1.807, 2.05) is 10.8 Å². The molecule has 174 valence electrons. The summed E-state index contributed by atoms with van der Waals surface area (Å²) in [4.78, 5) is 19.7. The molecule has 10 heteroatoms. The Morgan fingerprint density at radius 2 is 1.91 bits per heavy atom. The first-order valence-electron chi connectivity index (χ1n) is 10.7. The summed E-state index contributed by atoms with van der Waals surface area (Å²) in [5.74, 6) is -3.04. The molecule has 2 aromatic carbocycles. The monoisotopic (exact) mass is 474 g/mol. The van der Waals surface area contributed by atoms with E-state index >= 15 is 4.39 Å². The molecule has 2 heterocycles. The van der Waals surface area contributed by atoms with Gasteiger partial charge in [-0.2, -0.15) is 0 Å². The maximum Gasteiger partial charge on any atom is 0.232 e. The van der Waals surface area contributed by atoms with E-state index in [0.717, 1.165) is 44.0 Å². The molecule has 0 aliphatic carbocycles. The van der Waals surface area contributed by atoms with Crippen molar-refractivity contribution >= 4 is 38.1 Å². The second kappa shape index (κ2) is 9.40. The van der Waals surface area contributed by atoms with Crippen molar-refractivity contribution in [1.29, 1.82) is 0 Å². The van der Waals surface area contributed by atoms with Gasteiger partial charge in [0.2, 0.25) is 10.0 Å². The van der Waals surface area contributed by atoms with Crippen molar-refractivity contribution in [3.8, 4) is 0 Å². The summed E-state index contributed by atoms with van der Waals surface area (Å²) in [6.45, 7) is 5.03. The number of anilines is 2. The molecular formula is C23H24F2N4O3S. The van der Waals surface area contributed by atoms with Gasteiger partial charge in [0, 0.05) is 43.2 Å². The molecule has 2 N–H and O–H groups in total. The molecule has 1 saturated heterocycles. The summed E-state index contributed by atoms with van der Waals surface area (Å²) >= 11 is 0. The van der Waals surface area contributed by atoms with E-state index in [4.69, 9.17) is 0 Å². The zero-order chi connectivity index (χ0) is 23.6. The third kappa shape index (κ3) is 5.12. The average Bonchev–Trinajstić information content (AvgIpc) is 2.80. The van der Waals surface area contributed by atoms with E-state index in [2.05, 4.69) is 15.2 Å². The molecule has 3 aromatic rings. The number of carbonyl (C=O) groups is 1. The molecular weight excluding hydrogens is 450 g/mol. The van der Waals surface area contributed by atoms with Gasteiger partial charge >= 0.3 is 0 Å². The molecule has 1 aliphatic rings. The number of fused-ring (bicyclic) bond motifs is 1. The number of nitrogens with zero attached hydrogens (tertiary/aromatic N) is 2. The van der Waals surface area contributed by atoms with Gasteiger partial charge in [-0.05, 0) is 36.8 Å². The number of hydrogen-bond acceptors (Lipinski definition) is 6. The van der Waals surface area contributed by atoms with Crippen LogP contribution in [-0.2, 0) is 10.0 Å². The molecule has 7 nitrogen and oxygen atoms in total. The Morgan fingerprint density at radius 1 is 1.15 bits per heavy atom. The van der Waals surface area contributed by atoms with E-state index < -0.39 is 38.7 Å². The SMILES string of the molecule is CCCS(=O)(=O)Nc1cc(F)cc(C(=O)c2ccc3ncc(N4CCNCC4)cc3c2)c1F. The van der Waals surface area contributed by atoms with Crippen LogP contribution in [0.1, 0.15) is 29.3 Å². The predicted molar refractivity (Wildman–Crippen MR) is 124 cm³/mol. The Hall–Kier alpha value is -3.11. The molecule has 0 atom stereocenters. The van der Waals surface area contributed by atoms with Crippen LogP contribution in [0.3, 0.4) is 0 Å². The van der Waals surface area contributed by atoms with Gasteiger partial charge in [0.25, 0.3) is 0 Å². The lowest BCUT2D eigenvalue weighted by Crippen LogP contribution is -2.43. The topological polar surface area (TPSA) is 91.4 Å². The van der Waals surface area contributed by atoms with E-state index in [0.29, 0.717) is 17.3 Å². The largest absolute Gasteiger partial charge is 0.368 e. The minimum Gasteiger partial charge on any atom is -0.368 e. The van der Waals surface area contributed by atoms with E-state index in [9.17, 15) is 17.6 Å². The maximum atomic E-state index is 15.0. The highest BCUT2D eigenvalue weighted by atomic mass is 32.2. The predicted octanol–water partition coefficient (Wildman–Crippen LogP) is 3.31. The molecule has 0 bridgehead atoms. The fourth-order valence-electron chi connectivity index (χ4n) is 3.83. The minimum absolute atomic E-state index is 0.147. The van der Waals surface area contributed by atoms with Gasteiger partial charge in [-0.1, -0.05) is 6.92 Å². The van der Waals surface area contributed by atoms with Crippen molar-refractivity contribution < 1.29 is 22.0 Å². The van der Waals surface area contributed by atoms with E-state index in [1.165, 1.54) is 6.07 Å². The summed E-state index contributed by atoms with van der Waals surface area (Å²) in [5.41, 5.74) is 0.593. The Bertz CT molecular complexity index is 1310. The van der Waals surface area contributed by atoms with Crippen molar-refractivity contribution in [3.63, 3.8) is 0 Å². The van der Waals surface area contributed by atoms with Crippen LogP contribution < -0.4 is 14.9 Å². The van der Waals surface area contributed by atoms with Crippen molar-refractivity contribution in [2.45, 2.75) is 13.3 Å². The summed E-state index contributed by atoms with van der Waals surface area (Å²) < 4.78 is 55.3. The summed E-state index contributed by atoms with van der Waals surface area (Å²) in [6, 6.07) is 8.14. The maximum absolute atomic E-state index is 15.0. The second-order valence-corrected chi connectivity index (χ2v) is 9.74. The molecule has 0 unspecified atom stereocenters. The number of nitrogens with one attached hydrogen (secondary N) is 2. The number of benzene rings is 2. The third-order valence-electron chi connectivity index (χ3n) is 5.43. The fraction of sp³-hybridized carbons (Fsp3) is 0.304. The molecule has 0 amide bonds. The molecule has 1 aromatic heterocycles. The quantitative estimate of drug-likeness (QED) is 0.511. The van der Waals surface area contributed by atoms with Crippen molar-refractivity contribution in [1.82, 2.24) is 10.3 Å². The van der Waals surface area contributed by atoms with Crippen molar-refractivity contribution in [3.05, 3.63) is 65.4 Å². The Labute approximate surface area is 190 Å². The zero-order valence-electron chi connectivity index (χ0n) is 18.1. The van der Waals surface area contributed by atoms with Gasteiger partial charge in [-0.15, -0.1) is 0 Å². The molecule has 0 spiro atoms. The van der Waals surface area contributed by atoms with Crippen LogP contribution in [0, 0.1) is 11.6 Å². The van der Waals surface area contributed by atoms with Crippen LogP contribution in [0.4, 0.5) is 20.2 Å². The average molecular weight is 475 g/mol. The fourth-order valence-corrected chi connectivity index (χ4v) is 4.95. The van der Waals surface area contributed by atoms with E-state index in [1.54, 1.807) is 25.3 Å². The van der Waals surface area contributed by atoms with Gasteiger partial charge in [-0.25, -0.2) is 17.2 Å². The number of carbonyl (C=O) groups excluding carboxylic acids is 1. The minimum atomic E-state index is -3.86. The number of aromatic nitrogens is 1. The molecule has 0 radical (unpaired) electrons. The second-order valence-electron chi connectivity index (χ2n) is 7.90. The number of pyridine rings is 1. The Kier molecular flexibility index (Phi) is 6.57. The van der Waals surface area contributed by atoms with Gasteiger partial charge in [0.05, 0.1) is 34.4 Å². The number of halogens is 2. The highest BCUT2D eigenvalue weighted by Gasteiger charge is 2.22.